The number of nitrogens with two attached hydrogens (primary N) is 1. The van der Waals surface area contributed by atoms with Gasteiger partial charge in [0, 0.05) is 12.0 Å². The molecule has 0 aliphatic rings. The Morgan fingerprint density at radius 3 is 2.27 bits per heavy atom. The van der Waals surface area contributed by atoms with Crippen LogP contribution in [0.4, 0.5) is 0 Å². The number of Topliss-reactive ketones (excluding diaryl/α,β-unsaturated/α-hetero) is 1. The Morgan fingerprint density at radius 1 is 1.27 bits per heavy atom. The van der Waals surface area contributed by atoms with Crippen molar-refractivity contribution in [2.75, 3.05) is 0 Å². The number of carbonyl (C=O) groups is 2. The van der Waals surface area contributed by atoms with Crippen molar-refractivity contribution < 1.29 is 19.8 Å². The molecule has 0 fully saturated rings. The van der Waals surface area contributed by atoms with E-state index in [0.29, 0.717) is 5.56 Å². The monoisotopic (exact) mass is 209 g/mol. The van der Waals surface area contributed by atoms with Crippen LogP contribution in [0.3, 0.4) is 0 Å². The molecule has 0 unspecified atom stereocenters. The van der Waals surface area contributed by atoms with Crippen LogP contribution < -0.4 is 5.73 Å². The largest absolute Gasteiger partial charge is 0.508 e. The number of hydrogen-bond donors (Lipinski definition) is 3. The molecule has 5 heteroatoms. The average molecular weight is 209 g/mol. The summed E-state index contributed by atoms with van der Waals surface area (Å²) < 4.78 is 0. The van der Waals surface area contributed by atoms with Crippen LogP contribution in [0.15, 0.2) is 24.3 Å². The van der Waals surface area contributed by atoms with E-state index in [2.05, 4.69) is 0 Å². The Balaban J connectivity index is 2.69. The highest BCUT2D eigenvalue weighted by atomic mass is 16.4. The van der Waals surface area contributed by atoms with Crippen LogP contribution in [-0.4, -0.2) is 28.0 Å². The van der Waals surface area contributed by atoms with Gasteiger partial charge in [0.1, 0.15) is 11.8 Å². The Kier molecular flexibility index (Phi) is 3.41. The van der Waals surface area contributed by atoms with E-state index in [9.17, 15) is 9.59 Å². The Hall–Kier alpha value is -1.88. The molecule has 0 radical (unpaired) electrons. The first-order valence-corrected chi connectivity index (χ1v) is 4.31. The minimum atomic E-state index is -1.21. The molecule has 15 heavy (non-hydrogen) atoms. The summed E-state index contributed by atoms with van der Waals surface area (Å²) in [6.07, 6.45) is -0.250. The second-order valence-corrected chi connectivity index (χ2v) is 3.12. The summed E-state index contributed by atoms with van der Waals surface area (Å²) in [5.74, 6) is -1.51. The summed E-state index contributed by atoms with van der Waals surface area (Å²) in [6, 6.07) is 4.38. The van der Waals surface area contributed by atoms with E-state index >= 15 is 0 Å². The van der Waals surface area contributed by atoms with Crippen molar-refractivity contribution >= 4 is 11.8 Å². The first-order chi connectivity index (χ1) is 7.00. The van der Waals surface area contributed by atoms with Gasteiger partial charge in [-0.05, 0) is 24.3 Å². The minimum Gasteiger partial charge on any atom is -0.508 e. The lowest BCUT2D eigenvalue weighted by molar-refractivity contribution is -0.138. The molecule has 1 atom stereocenters. The number of phenolic OH excluding ortho intramolecular Hbond substituents is 1. The molecule has 5 nitrogen and oxygen atoms in total. The SMILES string of the molecule is N[C@H](CC(=O)c1ccc(O)cc1)C(=O)O. The van der Waals surface area contributed by atoms with Crippen LogP contribution in [-0.2, 0) is 4.79 Å². The van der Waals surface area contributed by atoms with Gasteiger partial charge in [-0.3, -0.25) is 9.59 Å². The Bertz CT molecular complexity index is 372. The van der Waals surface area contributed by atoms with Gasteiger partial charge in [-0.15, -0.1) is 0 Å². The predicted octanol–water partition coefficient (Wildman–Crippen LogP) is 0.377. The molecule has 80 valence electrons. The first-order valence-electron chi connectivity index (χ1n) is 4.31. The fraction of sp³-hybridized carbons (Fsp3) is 0.200. The molecule has 1 aromatic rings. The van der Waals surface area contributed by atoms with Crippen LogP contribution in [0.2, 0.25) is 0 Å². The maximum atomic E-state index is 11.4. The summed E-state index contributed by atoms with van der Waals surface area (Å²) >= 11 is 0. The third-order valence-corrected chi connectivity index (χ3v) is 1.91. The topological polar surface area (TPSA) is 101 Å². The highest BCUT2D eigenvalue weighted by molar-refractivity contribution is 5.98. The highest BCUT2D eigenvalue weighted by Gasteiger charge is 2.17. The second kappa shape index (κ2) is 4.56. The van der Waals surface area contributed by atoms with Crippen molar-refractivity contribution in [1.82, 2.24) is 0 Å². The van der Waals surface area contributed by atoms with E-state index < -0.39 is 12.0 Å². The van der Waals surface area contributed by atoms with Crippen LogP contribution in [0, 0.1) is 0 Å². The van der Waals surface area contributed by atoms with Gasteiger partial charge in [0.15, 0.2) is 5.78 Å². The lowest BCUT2D eigenvalue weighted by Crippen LogP contribution is -2.32. The number of carboxylic acids is 1. The summed E-state index contributed by atoms with van der Waals surface area (Å²) in [7, 11) is 0. The van der Waals surface area contributed by atoms with Gasteiger partial charge >= 0.3 is 5.97 Å². The van der Waals surface area contributed by atoms with E-state index in [0.717, 1.165) is 0 Å². The third kappa shape index (κ3) is 3.07. The van der Waals surface area contributed by atoms with Gasteiger partial charge in [-0.25, -0.2) is 0 Å². The molecule has 0 heterocycles. The molecule has 0 aromatic heterocycles. The van der Waals surface area contributed by atoms with Gasteiger partial charge in [0.05, 0.1) is 0 Å². The zero-order chi connectivity index (χ0) is 11.4. The van der Waals surface area contributed by atoms with Crippen LogP contribution in [0.25, 0.3) is 0 Å². The predicted molar refractivity (Wildman–Crippen MR) is 52.7 cm³/mol. The van der Waals surface area contributed by atoms with E-state index in [1.165, 1.54) is 24.3 Å². The fourth-order valence-electron chi connectivity index (χ4n) is 1.05. The normalized spacial score (nSPS) is 12.1. The molecule has 0 saturated heterocycles. The van der Waals surface area contributed by atoms with E-state index in [1.807, 2.05) is 0 Å². The highest BCUT2D eigenvalue weighted by Crippen LogP contribution is 2.11. The number of carbonyl (C=O) groups excluding carboxylic acids is 1. The summed E-state index contributed by atoms with van der Waals surface area (Å²) in [6.45, 7) is 0. The standard InChI is InChI=1S/C10H11NO4/c11-8(10(14)15)5-9(13)6-1-3-7(12)4-2-6/h1-4,8,12H,5,11H2,(H,14,15)/t8-/m1/s1. The van der Waals surface area contributed by atoms with Crippen LogP contribution in [0.5, 0.6) is 5.75 Å². The van der Waals surface area contributed by atoms with E-state index in [4.69, 9.17) is 15.9 Å². The number of ketones is 1. The maximum absolute atomic E-state index is 11.4. The molecule has 0 amide bonds. The van der Waals surface area contributed by atoms with Gasteiger partial charge in [0.25, 0.3) is 0 Å². The average Bonchev–Trinajstić information content (AvgIpc) is 2.18. The molecule has 0 spiro atoms. The van der Waals surface area contributed by atoms with Crippen molar-refractivity contribution in [3.05, 3.63) is 29.8 Å². The smallest absolute Gasteiger partial charge is 0.320 e. The summed E-state index contributed by atoms with van der Waals surface area (Å²) in [5, 5.41) is 17.5. The van der Waals surface area contributed by atoms with Crippen LogP contribution in [0.1, 0.15) is 16.8 Å². The van der Waals surface area contributed by atoms with Crippen molar-refractivity contribution in [2.45, 2.75) is 12.5 Å². The van der Waals surface area contributed by atoms with Gasteiger partial charge in [-0.2, -0.15) is 0 Å². The first kappa shape index (κ1) is 11.2. The molecule has 0 bridgehead atoms. The molecule has 0 aliphatic heterocycles. The zero-order valence-electron chi connectivity index (χ0n) is 7.88. The second-order valence-electron chi connectivity index (χ2n) is 3.12. The number of aliphatic carboxylic acids is 1. The number of carboxylic acid groups (broad SMARTS) is 1. The lowest BCUT2D eigenvalue weighted by atomic mass is 10.0. The summed E-state index contributed by atoms with van der Waals surface area (Å²) in [4.78, 5) is 21.8. The summed E-state index contributed by atoms with van der Waals surface area (Å²) in [5.41, 5.74) is 5.55. The molecule has 1 rings (SSSR count). The van der Waals surface area contributed by atoms with Gasteiger partial charge in [-0.1, -0.05) is 0 Å². The lowest BCUT2D eigenvalue weighted by Gasteiger charge is -2.05. The molecule has 4 N–H and O–H groups in total. The Labute approximate surface area is 86.1 Å². The fourth-order valence-corrected chi connectivity index (χ4v) is 1.05. The van der Waals surface area contributed by atoms with Crippen molar-refractivity contribution in [3.63, 3.8) is 0 Å². The van der Waals surface area contributed by atoms with Crippen molar-refractivity contribution in [3.8, 4) is 5.75 Å². The van der Waals surface area contributed by atoms with E-state index in [-0.39, 0.29) is 18.0 Å². The number of aromatic hydroxyl groups is 1. The van der Waals surface area contributed by atoms with Crippen LogP contribution >= 0.6 is 0 Å². The maximum Gasteiger partial charge on any atom is 0.320 e. The third-order valence-electron chi connectivity index (χ3n) is 1.91. The number of phenols is 1. The van der Waals surface area contributed by atoms with Crippen molar-refractivity contribution in [2.24, 2.45) is 5.73 Å². The van der Waals surface area contributed by atoms with E-state index in [1.54, 1.807) is 0 Å². The number of hydrogen-bond acceptors (Lipinski definition) is 4. The van der Waals surface area contributed by atoms with Gasteiger partial charge in [0.2, 0.25) is 0 Å². The number of benzene rings is 1. The molecule has 1 aromatic carbocycles. The van der Waals surface area contributed by atoms with Crippen molar-refractivity contribution in [1.29, 1.82) is 0 Å². The number of rotatable bonds is 4. The zero-order valence-corrected chi connectivity index (χ0v) is 7.88. The molecule has 0 saturated carbocycles. The minimum absolute atomic E-state index is 0.0501. The van der Waals surface area contributed by atoms with Gasteiger partial charge < -0.3 is 15.9 Å². The Morgan fingerprint density at radius 2 is 1.80 bits per heavy atom. The molecule has 0 aliphatic carbocycles. The molecular weight excluding hydrogens is 198 g/mol. The quantitative estimate of drug-likeness (QED) is 0.622. The molecular formula is C10H11NO4.